The summed E-state index contributed by atoms with van der Waals surface area (Å²) < 4.78 is 11.1. The fraction of sp³-hybridized carbons (Fsp3) is 1.00. The van der Waals surface area contributed by atoms with Gasteiger partial charge in [-0.15, -0.1) is 0 Å². The van der Waals surface area contributed by atoms with E-state index in [4.69, 9.17) is 9.47 Å². The Hall–Kier alpha value is -0.0800. The van der Waals surface area contributed by atoms with Crippen molar-refractivity contribution in [3.63, 3.8) is 0 Å². The van der Waals surface area contributed by atoms with Crippen molar-refractivity contribution in [1.82, 2.24) is 0 Å². The molecule has 0 saturated carbocycles. The molecule has 2 heteroatoms. The highest BCUT2D eigenvalue weighted by molar-refractivity contribution is 4.83. The quantitative estimate of drug-likeness (QED) is 0.674. The van der Waals surface area contributed by atoms with Gasteiger partial charge in [-0.05, 0) is 31.6 Å². The molecule has 0 N–H and O–H groups in total. The largest absolute Gasteiger partial charge is 0.382 e. The standard InChI is InChI=1S/C11H22O2/c1-9(12-4)8-10-11(2,3)6-5-7-13-10/h9-10H,5-8H2,1-4H3/t9-,10+/m1/s1. The van der Waals surface area contributed by atoms with Gasteiger partial charge in [0.1, 0.15) is 0 Å². The van der Waals surface area contributed by atoms with Crippen molar-refractivity contribution in [3.05, 3.63) is 0 Å². The fourth-order valence-corrected chi connectivity index (χ4v) is 1.92. The van der Waals surface area contributed by atoms with Crippen LogP contribution in [0.2, 0.25) is 0 Å². The number of hydrogen-bond acceptors (Lipinski definition) is 2. The molecule has 0 bridgehead atoms. The van der Waals surface area contributed by atoms with Crippen molar-refractivity contribution in [2.24, 2.45) is 5.41 Å². The van der Waals surface area contributed by atoms with Crippen LogP contribution in [0.15, 0.2) is 0 Å². The van der Waals surface area contributed by atoms with Gasteiger partial charge in [-0.25, -0.2) is 0 Å². The maximum absolute atomic E-state index is 5.79. The maximum atomic E-state index is 5.79. The van der Waals surface area contributed by atoms with Crippen molar-refractivity contribution in [2.45, 2.75) is 52.2 Å². The second-order valence-corrected chi connectivity index (χ2v) is 4.73. The first-order valence-electron chi connectivity index (χ1n) is 5.20. The number of rotatable bonds is 3. The van der Waals surface area contributed by atoms with Crippen LogP contribution in [0.5, 0.6) is 0 Å². The van der Waals surface area contributed by atoms with Gasteiger partial charge in [0.05, 0.1) is 12.2 Å². The second kappa shape index (κ2) is 4.43. The molecule has 0 unspecified atom stereocenters. The minimum Gasteiger partial charge on any atom is -0.382 e. The first kappa shape index (κ1) is 11.0. The molecule has 1 heterocycles. The average Bonchev–Trinajstić information content (AvgIpc) is 2.08. The van der Waals surface area contributed by atoms with Crippen LogP contribution in [-0.4, -0.2) is 25.9 Å². The number of ether oxygens (including phenoxy) is 2. The Morgan fingerprint density at radius 1 is 1.54 bits per heavy atom. The van der Waals surface area contributed by atoms with Crippen LogP contribution in [0.1, 0.15) is 40.0 Å². The summed E-state index contributed by atoms with van der Waals surface area (Å²) in [5.41, 5.74) is 0.324. The first-order chi connectivity index (χ1) is 6.06. The molecule has 0 radical (unpaired) electrons. The Morgan fingerprint density at radius 3 is 2.77 bits per heavy atom. The molecule has 2 nitrogen and oxygen atoms in total. The van der Waals surface area contributed by atoms with Crippen LogP contribution in [-0.2, 0) is 9.47 Å². The van der Waals surface area contributed by atoms with Crippen LogP contribution >= 0.6 is 0 Å². The smallest absolute Gasteiger partial charge is 0.0650 e. The zero-order chi connectivity index (χ0) is 9.90. The number of methoxy groups -OCH3 is 1. The molecule has 78 valence electrons. The third-order valence-electron chi connectivity index (χ3n) is 3.10. The summed E-state index contributed by atoms with van der Waals surface area (Å²) >= 11 is 0. The summed E-state index contributed by atoms with van der Waals surface area (Å²) in [6.07, 6.45) is 4.17. The van der Waals surface area contributed by atoms with Crippen LogP contribution in [0.3, 0.4) is 0 Å². The normalized spacial score (nSPS) is 30.0. The van der Waals surface area contributed by atoms with E-state index >= 15 is 0 Å². The predicted octanol–water partition coefficient (Wildman–Crippen LogP) is 2.62. The highest BCUT2D eigenvalue weighted by Crippen LogP contribution is 2.35. The van der Waals surface area contributed by atoms with Crippen LogP contribution in [0.4, 0.5) is 0 Å². The monoisotopic (exact) mass is 186 g/mol. The van der Waals surface area contributed by atoms with E-state index in [2.05, 4.69) is 20.8 Å². The van der Waals surface area contributed by atoms with Gasteiger partial charge in [0.15, 0.2) is 0 Å². The van der Waals surface area contributed by atoms with E-state index < -0.39 is 0 Å². The second-order valence-electron chi connectivity index (χ2n) is 4.73. The summed E-state index contributed by atoms with van der Waals surface area (Å²) in [4.78, 5) is 0. The predicted molar refractivity (Wildman–Crippen MR) is 53.8 cm³/mol. The van der Waals surface area contributed by atoms with E-state index in [-0.39, 0.29) is 0 Å². The summed E-state index contributed by atoms with van der Waals surface area (Å²) in [7, 11) is 1.76. The van der Waals surface area contributed by atoms with E-state index in [1.807, 2.05) is 0 Å². The lowest BCUT2D eigenvalue weighted by atomic mass is 9.78. The molecule has 0 aliphatic carbocycles. The Balaban J connectivity index is 2.46. The number of hydrogen-bond donors (Lipinski definition) is 0. The van der Waals surface area contributed by atoms with E-state index in [1.54, 1.807) is 7.11 Å². The van der Waals surface area contributed by atoms with Gasteiger partial charge in [0, 0.05) is 13.7 Å². The zero-order valence-corrected chi connectivity index (χ0v) is 9.30. The van der Waals surface area contributed by atoms with Gasteiger partial charge < -0.3 is 9.47 Å². The summed E-state index contributed by atoms with van der Waals surface area (Å²) in [5.74, 6) is 0. The lowest BCUT2D eigenvalue weighted by Crippen LogP contribution is -2.38. The molecule has 13 heavy (non-hydrogen) atoms. The lowest BCUT2D eigenvalue weighted by Gasteiger charge is -2.39. The Labute approximate surface area is 81.6 Å². The molecule has 0 aromatic carbocycles. The molecular formula is C11H22O2. The van der Waals surface area contributed by atoms with Crippen molar-refractivity contribution >= 4 is 0 Å². The van der Waals surface area contributed by atoms with Crippen LogP contribution in [0, 0.1) is 5.41 Å². The van der Waals surface area contributed by atoms with Gasteiger partial charge in [-0.1, -0.05) is 13.8 Å². The SMILES string of the molecule is CO[C@H](C)C[C@@H]1OCCCC1(C)C. The summed E-state index contributed by atoms with van der Waals surface area (Å²) in [6.45, 7) is 7.61. The molecule has 0 spiro atoms. The van der Waals surface area contributed by atoms with Gasteiger partial charge >= 0.3 is 0 Å². The van der Waals surface area contributed by atoms with E-state index in [0.717, 1.165) is 13.0 Å². The highest BCUT2D eigenvalue weighted by Gasteiger charge is 2.33. The van der Waals surface area contributed by atoms with Crippen molar-refractivity contribution in [1.29, 1.82) is 0 Å². The van der Waals surface area contributed by atoms with Gasteiger partial charge in [-0.2, -0.15) is 0 Å². The first-order valence-corrected chi connectivity index (χ1v) is 5.20. The molecule has 1 saturated heterocycles. The van der Waals surface area contributed by atoms with Crippen molar-refractivity contribution in [3.8, 4) is 0 Å². The summed E-state index contributed by atoms with van der Waals surface area (Å²) in [6, 6.07) is 0. The van der Waals surface area contributed by atoms with E-state index in [1.165, 1.54) is 12.8 Å². The fourth-order valence-electron chi connectivity index (χ4n) is 1.92. The molecule has 0 aromatic heterocycles. The minimum absolute atomic E-state index is 0.308. The molecule has 1 rings (SSSR count). The van der Waals surface area contributed by atoms with Gasteiger partial charge in [-0.3, -0.25) is 0 Å². The highest BCUT2D eigenvalue weighted by atomic mass is 16.5. The Morgan fingerprint density at radius 2 is 2.23 bits per heavy atom. The summed E-state index contributed by atoms with van der Waals surface area (Å²) in [5, 5.41) is 0. The van der Waals surface area contributed by atoms with Gasteiger partial charge in [0.25, 0.3) is 0 Å². The molecule has 1 aliphatic rings. The van der Waals surface area contributed by atoms with Gasteiger partial charge in [0.2, 0.25) is 0 Å². The Bertz CT molecular complexity index is 154. The molecule has 1 fully saturated rings. The van der Waals surface area contributed by atoms with Crippen molar-refractivity contribution in [2.75, 3.05) is 13.7 Å². The van der Waals surface area contributed by atoms with E-state index in [0.29, 0.717) is 17.6 Å². The Kier molecular flexibility index (Phi) is 3.74. The molecular weight excluding hydrogens is 164 g/mol. The molecule has 2 atom stereocenters. The maximum Gasteiger partial charge on any atom is 0.0650 e. The van der Waals surface area contributed by atoms with E-state index in [9.17, 15) is 0 Å². The third kappa shape index (κ3) is 2.96. The topological polar surface area (TPSA) is 18.5 Å². The van der Waals surface area contributed by atoms with Crippen LogP contribution < -0.4 is 0 Å². The van der Waals surface area contributed by atoms with Crippen molar-refractivity contribution < 1.29 is 9.47 Å². The molecule has 0 aromatic rings. The van der Waals surface area contributed by atoms with Crippen LogP contribution in [0.25, 0.3) is 0 Å². The molecule has 0 amide bonds. The third-order valence-corrected chi connectivity index (χ3v) is 3.10. The minimum atomic E-state index is 0.308. The lowest BCUT2D eigenvalue weighted by molar-refractivity contribution is -0.0897. The average molecular weight is 186 g/mol. The zero-order valence-electron chi connectivity index (χ0n) is 9.30. The molecule has 1 aliphatic heterocycles.